The summed E-state index contributed by atoms with van der Waals surface area (Å²) in [5.41, 5.74) is 0. The third-order valence-electron chi connectivity index (χ3n) is 1.10. The van der Waals surface area contributed by atoms with E-state index in [4.69, 9.17) is 5.11 Å². The van der Waals surface area contributed by atoms with E-state index in [2.05, 4.69) is 10.6 Å². The van der Waals surface area contributed by atoms with Crippen molar-refractivity contribution in [2.24, 2.45) is 0 Å². The molecule has 0 aliphatic carbocycles. The van der Waals surface area contributed by atoms with Gasteiger partial charge in [0, 0.05) is 13.1 Å². The van der Waals surface area contributed by atoms with Crippen LogP contribution in [0.3, 0.4) is 0 Å². The van der Waals surface area contributed by atoms with E-state index in [1.54, 1.807) is 6.92 Å². The van der Waals surface area contributed by atoms with Gasteiger partial charge in [-0.2, -0.15) is 0 Å². The molecule has 3 N–H and O–H groups in total. The highest BCUT2D eigenvalue weighted by Crippen LogP contribution is 1.73. The average Bonchev–Trinajstić information content (AvgIpc) is 1.87. The Kier molecular flexibility index (Phi) is 5.78. The van der Waals surface area contributed by atoms with Crippen molar-refractivity contribution >= 4 is 5.91 Å². The molecule has 1 atom stereocenters. The SMILES string of the molecule is CCNC(=O)CNC[C@@H](C)O. The molecule has 4 nitrogen and oxygen atoms in total. The lowest BCUT2D eigenvalue weighted by molar-refractivity contribution is -0.120. The summed E-state index contributed by atoms with van der Waals surface area (Å²) in [6.07, 6.45) is -0.399. The molecule has 66 valence electrons. The number of aliphatic hydroxyl groups excluding tert-OH is 1. The number of hydrogen-bond acceptors (Lipinski definition) is 3. The predicted octanol–water partition coefficient (Wildman–Crippen LogP) is -0.907. The lowest BCUT2D eigenvalue weighted by atomic mass is 10.4. The van der Waals surface area contributed by atoms with E-state index in [9.17, 15) is 4.79 Å². The zero-order chi connectivity index (χ0) is 8.69. The second-order valence-corrected chi connectivity index (χ2v) is 2.43. The zero-order valence-corrected chi connectivity index (χ0v) is 7.05. The number of aliphatic hydroxyl groups is 1. The Morgan fingerprint density at radius 3 is 2.73 bits per heavy atom. The van der Waals surface area contributed by atoms with Gasteiger partial charge in [-0.25, -0.2) is 0 Å². The lowest BCUT2D eigenvalue weighted by Gasteiger charge is -2.05. The summed E-state index contributed by atoms with van der Waals surface area (Å²) in [6, 6.07) is 0. The Balaban J connectivity index is 3.17. The molecule has 0 aromatic rings. The fraction of sp³-hybridized carbons (Fsp3) is 0.857. The van der Waals surface area contributed by atoms with E-state index in [1.807, 2.05) is 6.92 Å². The zero-order valence-electron chi connectivity index (χ0n) is 7.05. The van der Waals surface area contributed by atoms with Crippen molar-refractivity contribution in [2.75, 3.05) is 19.6 Å². The van der Waals surface area contributed by atoms with Gasteiger partial charge in [-0.05, 0) is 13.8 Å². The van der Waals surface area contributed by atoms with Crippen molar-refractivity contribution < 1.29 is 9.90 Å². The molecule has 0 radical (unpaired) electrons. The molecular formula is C7H16N2O2. The normalized spacial score (nSPS) is 12.6. The van der Waals surface area contributed by atoms with Crippen LogP contribution in [0.15, 0.2) is 0 Å². The first-order valence-corrected chi connectivity index (χ1v) is 3.82. The highest BCUT2D eigenvalue weighted by atomic mass is 16.3. The number of nitrogens with one attached hydrogen (secondary N) is 2. The van der Waals surface area contributed by atoms with Gasteiger partial charge in [0.2, 0.25) is 5.91 Å². The van der Waals surface area contributed by atoms with Gasteiger partial charge in [0.25, 0.3) is 0 Å². The van der Waals surface area contributed by atoms with Gasteiger partial charge in [0.15, 0.2) is 0 Å². The van der Waals surface area contributed by atoms with E-state index in [-0.39, 0.29) is 12.5 Å². The van der Waals surface area contributed by atoms with Crippen LogP contribution in [0.2, 0.25) is 0 Å². The molecule has 0 saturated carbocycles. The van der Waals surface area contributed by atoms with Crippen molar-refractivity contribution in [3.63, 3.8) is 0 Å². The van der Waals surface area contributed by atoms with Gasteiger partial charge in [-0.1, -0.05) is 0 Å². The number of likely N-dealkylation sites (N-methyl/N-ethyl adjacent to an activating group) is 1. The van der Waals surface area contributed by atoms with Crippen LogP contribution in [-0.4, -0.2) is 36.8 Å². The molecule has 11 heavy (non-hydrogen) atoms. The third kappa shape index (κ3) is 7.29. The molecule has 0 aliphatic rings. The largest absolute Gasteiger partial charge is 0.392 e. The predicted molar refractivity (Wildman–Crippen MR) is 43.2 cm³/mol. The number of hydrogen-bond donors (Lipinski definition) is 3. The molecule has 0 aliphatic heterocycles. The van der Waals surface area contributed by atoms with E-state index in [0.29, 0.717) is 13.1 Å². The first kappa shape index (κ1) is 10.4. The van der Waals surface area contributed by atoms with Gasteiger partial charge in [0.1, 0.15) is 0 Å². The molecule has 0 spiro atoms. The van der Waals surface area contributed by atoms with Crippen molar-refractivity contribution in [1.82, 2.24) is 10.6 Å². The standard InChI is InChI=1S/C7H16N2O2/c1-3-9-7(11)5-8-4-6(2)10/h6,8,10H,3-5H2,1-2H3,(H,9,11)/t6-/m1/s1. The number of carbonyl (C=O) groups is 1. The first-order chi connectivity index (χ1) is 5.16. The topological polar surface area (TPSA) is 61.4 Å². The first-order valence-electron chi connectivity index (χ1n) is 3.82. The van der Waals surface area contributed by atoms with Crippen molar-refractivity contribution in [1.29, 1.82) is 0 Å². The Labute approximate surface area is 67.0 Å². The molecule has 4 heteroatoms. The van der Waals surface area contributed by atoms with Crippen LogP contribution in [0.25, 0.3) is 0 Å². The van der Waals surface area contributed by atoms with Crippen molar-refractivity contribution in [3.05, 3.63) is 0 Å². The molecule has 0 fully saturated rings. The molecule has 0 heterocycles. The van der Waals surface area contributed by atoms with Crippen LogP contribution >= 0.6 is 0 Å². The second kappa shape index (κ2) is 6.12. The van der Waals surface area contributed by atoms with Crippen LogP contribution in [0, 0.1) is 0 Å². The van der Waals surface area contributed by atoms with Gasteiger partial charge in [-0.15, -0.1) is 0 Å². The van der Waals surface area contributed by atoms with Gasteiger partial charge < -0.3 is 15.7 Å². The molecule has 0 saturated heterocycles. The van der Waals surface area contributed by atoms with Gasteiger partial charge >= 0.3 is 0 Å². The Bertz CT molecular complexity index is 115. The number of rotatable bonds is 5. The monoisotopic (exact) mass is 160 g/mol. The minimum atomic E-state index is -0.399. The van der Waals surface area contributed by atoms with Gasteiger partial charge in [-0.3, -0.25) is 4.79 Å². The molecule has 0 aromatic carbocycles. The maximum atomic E-state index is 10.8. The summed E-state index contributed by atoms with van der Waals surface area (Å²) in [6.45, 7) is 4.92. The smallest absolute Gasteiger partial charge is 0.233 e. The van der Waals surface area contributed by atoms with Crippen molar-refractivity contribution in [2.45, 2.75) is 20.0 Å². The summed E-state index contributed by atoms with van der Waals surface area (Å²) >= 11 is 0. The van der Waals surface area contributed by atoms with Gasteiger partial charge in [0.05, 0.1) is 12.6 Å². The van der Waals surface area contributed by atoms with E-state index in [0.717, 1.165) is 0 Å². The van der Waals surface area contributed by atoms with Crippen LogP contribution in [-0.2, 0) is 4.79 Å². The van der Waals surface area contributed by atoms with Crippen LogP contribution in [0.4, 0.5) is 0 Å². The Morgan fingerprint density at radius 1 is 1.64 bits per heavy atom. The molecule has 0 bridgehead atoms. The van der Waals surface area contributed by atoms with E-state index in [1.165, 1.54) is 0 Å². The van der Waals surface area contributed by atoms with Crippen molar-refractivity contribution in [3.8, 4) is 0 Å². The molecule has 1 amide bonds. The maximum Gasteiger partial charge on any atom is 0.233 e. The summed E-state index contributed by atoms with van der Waals surface area (Å²) in [5.74, 6) is -0.0341. The van der Waals surface area contributed by atoms with E-state index < -0.39 is 6.10 Å². The highest BCUT2D eigenvalue weighted by molar-refractivity contribution is 5.77. The summed E-state index contributed by atoms with van der Waals surface area (Å²) in [4.78, 5) is 10.8. The number of amides is 1. The average molecular weight is 160 g/mol. The lowest BCUT2D eigenvalue weighted by Crippen LogP contribution is -2.36. The Hall–Kier alpha value is -0.610. The minimum Gasteiger partial charge on any atom is -0.392 e. The summed E-state index contributed by atoms with van der Waals surface area (Å²) < 4.78 is 0. The summed E-state index contributed by atoms with van der Waals surface area (Å²) in [5, 5.41) is 14.2. The van der Waals surface area contributed by atoms with Crippen LogP contribution in [0.1, 0.15) is 13.8 Å². The maximum absolute atomic E-state index is 10.8. The molecular weight excluding hydrogens is 144 g/mol. The minimum absolute atomic E-state index is 0.0341. The Morgan fingerprint density at radius 2 is 2.27 bits per heavy atom. The van der Waals surface area contributed by atoms with Crippen LogP contribution < -0.4 is 10.6 Å². The van der Waals surface area contributed by atoms with Crippen LogP contribution in [0.5, 0.6) is 0 Å². The molecule has 0 unspecified atom stereocenters. The fourth-order valence-corrected chi connectivity index (χ4v) is 0.654. The quantitative estimate of drug-likeness (QED) is 0.488. The summed E-state index contributed by atoms with van der Waals surface area (Å²) in [7, 11) is 0. The second-order valence-electron chi connectivity index (χ2n) is 2.43. The number of carbonyl (C=O) groups excluding carboxylic acids is 1. The highest BCUT2D eigenvalue weighted by Gasteiger charge is 1.98. The molecule has 0 rings (SSSR count). The fourth-order valence-electron chi connectivity index (χ4n) is 0.654. The third-order valence-corrected chi connectivity index (χ3v) is 1.10. The van der Waals surface area contributed by atoms with E-state index >= 15 is 0 Å². The molecule has 0 aromatic heterocycles.